The molecule has 0 spiro atoms. The number of nitrogens with zero attached hydrogens (tertiary/aromatic N) is 3. The molecule has 3 amide bonds. The fourth-order valence-corrected chi connectivity index (χ4v) is 6.80. The number of hydrogen-bond donors (Lipinski definition) is 1. The molecule has 0 unspecified atom stereocenters. The van der Waals surface area contributed by atoms with Gasteiger partial charge in [0.1, 0.15) is 18.4 Å². The molecule has 3 fully saturated rings. The molecule has 3 saturated heterocycles. The van der Waals surface area contributed by atoms with Gasteiger partial charge in [0.15, 0.2) is 0 Å². The molecule has 0 aliphatic carbocycles. The highest BCUT2D eigenvalue weighted by Gasteiger charge is 2.32. The number of likely N-dealkylation sites (tertiary alicyclic amines) is 3. The topological polar surface area (TPSA) is 65.1 Å². The molecule has 7 nitrogen and oxygen atoms in total. The van der Waals surface area contributed by atoms with Crippen molar-refractivity contribution in [1.29, 1.82) is 0 Å². The van der Waals surface area contributed by atoms with E-state index in [2.05, 4.69) is 28.4 Å². The van der Waals surface area contributed by atoms with Crippen molar-refractivity contribution in [2.24, 2.45) is 0 Å². The standard InChI is InChI=1S/C32H42Cl2N4O3.ClH/c33-26-11-10-25(28(34)23-26)22-29(35-32(40)38-16-6-7-17-38)31(39)37-18-12-24(13-19-37)27-8-2-3-9-30(27)41-21-20-36-14-4-1-5-15-36;/h2-3,8-11,23-24,29H,1,4-7,12-22H2,(H,35,40);1H/t29-;/m1./s1. The summed E-state index contributed by atoms with van der Waals surface area (Å²) in [7, 11) is 0. The molecule has 10 heteroatoms. The van der Waals surface area contributed by atoms with Crippen molar-refractivity contribution in [3.8, 4) is 5.75 Å². The van der Waals surface area contributed by atoms with Gasteiger partial charge in [-0.05, 0) is 86.9 Å². The van der Waals surface area contributed by atoms with Crippen LogP contribution in [0.4, 0.5) is 4.79 Å². The zero-order valence-electron chi connectivity index (χ0n) is 24.2. The maximum atomic E-state index is 13.8. The number of ether oxygens (including phenoxy) is 1. The van der Waals surface area contributed by atoms with E-state index in [1.54, 1.807) is 17.0 Å². The zero-order chi connectivity index (χ0) is 28.6. The number of urea groups is 1. The number of nitrogens with one attached hydrogen (secondary N) is 1. The summed E-state index contributed by atoms with van der Waals surface area (Å²) in [6.45, 7) is 6.71. The highest BCUT2D eigenvalue weighted by atomic mass is 35.5. The van der Waals surface area contributed by atoms with Crippen LogP contribution in [0.15, 0.2) is 42.5 Å². The summed E-state index contributed by atoms with van der Waals surface area (Å²) in [6.07, 6.45) is 7.91. The minimum atomic E-state index is -0.691. The van der Waals surface area contributed by atoms with Gasteiger partial charge in [0.25, 0.3) is 0 Å². The van der Waals surface area contributed by atoms with Gasteiger partial charge in [-0.3, -0.25) is 9.69 Å². The van der Waals surface area contributed by atoms with Crippen molar-refractivity contribution < 1.29 is 14.3 Å². The molecule has 2 aromatic rings. The van der Waals surface area contributed by atoms with Crippen molar-refractivity contribution in [3.05, 3.63) is 63.6 Å². The van der Waals surface area contributed by atoms with E-state index in [1.807, 2.05) is 17.0 Å². The van der Waals surface area contributed by atoms with Gasteiger partial charge in [0.2, 0.25) is 5.91 Å². The average Bonchev–Trinajstić information content (AvgIpc) is 3.54. The van der Waals surface area contributed by atoms with Crippen LogP contribution >= 0.6 is 35.6 Å². The van der Waals surface area contributed by atoms with Crippen LogP contribution < -0.4 is 10.1 Å². The predicted octanol–water partition coefficient (Wildman–Crippen LogP) is 6.40. The summed E-state index contributed by atoms with van der Waals surface area (Å²) >= 11 is 12.6. The highest BCUT2D eigenvalue weighted by molar-refractivity contribution is 6.35. The largest absolute Gasteiger partial charge is 0.492 e. The maximum Gasteiger partial charge on any atom is 0.318 e. The van der Waals surface area contributed by atoms with Crippen LogP contribution in [0, 0.1) is 0 Å². The first kappa shape index (κ1) is 32.7. The fraction of sp³-hybridized carbons (Fsp3) is 0.562. The van der Waals surface area contributed by atoms with Crippen LogP contribution in [0.1, 0.15) is 62.0 Å². The fourth-order valence-electron chi connectivity index (χ4n) is 6.32. The van der Waals surface area contributed by atoms with Crippen LogP contribution in [0.3, 0.4) is 0 Å². The van der Waals surface area contributed by atoms with Gasteiger partial charge in [0.05, 0.1) is 0 Å². The number of carbonyl (C=O) groups excluding carboxylic acids is 2. The number of rotatable bonds is 9. The Morgan fingerprint density at radius 3 is 2.29 bits per heavy atom. The average molecular weight is 638 g/mol. The molecule has 0 radical (unpaired) electrons. The third kappa shape index (κ3) is 8.68. The lowest BCUT2D eigenvalue weighted by Crippen LogP contribution is -2.54. The number of hydrogen-bond acceptors (Lipinski definition) is 4. The molecule has 1 atom stereocenters. The molecule has 3 aliphatic heterocycles. The van der Waals surface area contributed by atoms with Gasteiger partial charge in [-0.1, -0.05) is 53.9 Å². The first-order valence-electron chi connectivity index (χ1n) is 15.2. The number of halogens is 3. The molecule has 5 rings (SSSR count). The van der Waals surface area contributed by atoms with E-state index < -0.39 is 6.04 Å². The lowest BCUT2D eigenvalue weighted by atomic mass is 9.88. The monoisotopic (exact) mass is 636 g/mol. The second kappa shape index (κ2) is 16.0. The second-order valence-corrected chi connectivity index (χ2v) is 12.4. The number of para-hydroxylation sites is 1. The van der Waals surface area contributed by atoms with Crippen LogP contribution in [-0.2, 0) is 11.2 Å². The van der Waals surface area contributed by atoms with Crippen molar-refractivity contribution >= 4 is 47.5 Å². The SMILES string of the molecule is Cl.O=C(N[C@H](Cc1ccc(Cl)cc1Cl)C(=O)N1CCC(c2ccccc2OCCN2CCCCC2)CC1)N1CCCC1. The molecular weight excluding hydrogens is 595 g/mol. The Hall–Kier alpha value is -2.19. The van der Waals surface area contributed by atoms with Crippen molar-refractivity contribution in [2.45, 2.75) is 63.3 Å². The van der Waals surface area contributed by atoms with E-state index in [-0.39, 0.29) is 24.3 Å². The summed E-state index contributed by atoms with van der Waals surface area (Å²) in [5.74, 6) is 1.23. The minimum Gasteiger partial charge on any atom is -0.492 e. The normalized spacial score (nSPS) is 18.8. The van der Waals surface area contributed by atoms with E-state index in [9.17, 15) is 9.59 Å². The van der Waals surface area contributed by atoms with Gasteiger partial charge in [0, 0.05) is 49.2 Å². The van der Waals surface area contributed by atoms with Crippen LogP contribution in [-0.4, -0.2) is 85.1 Å². The van der Waals surface area contributed by atoms with E-state index in [1.165, 1.54) is 37.9 Å². The predicted molar refractivity (Wildman–Crippen MR) is 171 cm³/mol. The summed E-state index contributed by atoms with van der Waals surface area (Å²) in [5, 5.41) is 4.07. The quantitative estimate of drug-likeness (QED) is 0.346. The van der Waals surface area contributed by atoms with Gasteiger partial charge in [-0.2, -0.15) is 0 Å². The molecule has 1 N–H and O–H groups in total. The molecule has 0 aromatic heterocycles. The van der Waals surface area contributed by atoms with Crippen molar-refractivity contribution in [1.82, 2.24) is 20.0 Å². The number of carbonyl (C=O) groups is 2. The minimum absolute atomic E-state index is 0. The Kier molecular flexibility index (Phi) is 12.5. The summed E-state index contributed by atoms with van der Waals surface area (Å²) in [5.41, 5.74) is 2.02. The third-order valence-corrected chi connectivity index (χ3v) is 9.29. The molecule has 42 heavy (non-hydrogen) atoms. The first-order chi connectivity index (χ1) is 20.0. The van der Waals surface area contributed by atoms with Crippen LogP contribution in [0.25, 0.3) is 0 Å². The second-order valence-electron chi connectivity index (χ2n) is 11.5. The Labute approximate surface area is 266 Å². The van der Waals surface area contributed by atoms with E-state index in [0.717, 1.165) is 56.6 Å². The Bertz CT molecular complexity index is 1180. The molecule has 0 bridgehead atoms. The van der Waals surface area contributed by atoms with Gasteiger partial charge >= 0.3 is 6.03 Å². The lowest BCUT2D eigenvalue weighted by Gasteiger charge is -2.35. The smallest absolute Gasteiger partial charge is 0.318 e. The summed E-state index contributed by atoms with van der Waals surface area (Å²) in [4.78, 5) is 33.0. The maximum absolute atomic E-state index is 13.8. The first-order valence-corrected chi connectivity index (χ1v) is 16.0. The van der Waals surface area contributed by atoms with Crippen molar-refractivity contribution in [2.75, 3.05) is 52.4 Å². The zero-order valence-corrected chi connectivity index (χ0v) is 26.6. The summed E-state index contributed by atoms with van der Waals surface area (Å²) in [6, 6.07) is 12.8. The lowest BCUT2D eigenvalue weighted by molar-refractivity contribution is -0.134. The van der Waals surface area contributed by atoms with E-state index in [4.69, 9.17) is 27.9 Å². The van der Waals surface area contributed by atoms with Crippen molar-refractivity contribution in [3.63, 3.8) is 0 Å². The summed E-state index contributed by atoms with van der Waals surface area (Å²) < 4.78 is 6.29. The third-order valence-electron chi connectivity index (χ3n) is 8.71. The Balaban J connectivity index is 0.00000405. The number of amides is 3. The van der Waals surface area contributed by atoms with Gasteiger partial charge < -0.3 is 19.9 Å². The number of piperidine rings is 2. The Morgan fingerprint density at radius 2 is 1.57 bits per heavy atom. The van der Waals surface area contributed by atoms with Crippen LogP contribution in [0.5, 0.6) is 5.75 Å². The molecule has 3 aliphatic rings. The molecular formula is C32H43Cl3N4O3. The highest BCUT2D eigenvalue weighted by Crippen LogP contribution is 2.34. The van der Waals surface area contributed by atoms with Gasteiger partial charge in [-0.25, -0.2) is 4.79 Å². The molecule has 230 valence electrons. The number of benzene rings is 2. The van der Waals surface area contributed by atoms with E-state index in [0.29, 0.717) is 42.1 Å². The van der Waals surface area contributed by atoms with Crippen LogP contribution in [0.2, 0.25) is 10.0 Å². The molecule has 0 saturated carbocycles. The van der Waals surface area contributed by atoms with Gasteiger partial charge in [-0.15, -0.1) is 12.4 Å². The van der Waals surface area contributed by atoms with E-state index >= 15 is 0 Å². The Morgan fingerprint density at radius 1 is 0.881 bits per heavy atom. The molecule has 3 heterocycles. The molecule has 2 aromatic carbocycles.